The minimum Gasteiger partial charge on any atom is -0.385 e. The normalized spacial score (nSPS) is 18.9. The first-order chi connectivity index (χ1) is 11.2. The second-order valence-corrected chi connectivity index (χ2v) is 6.33. The molecule has 1 fully saturated rings. The Bertz CT molecular complexity index is 316. The summed E-state index contributed by atoms with van der Waals surface area (Å²) < 4.78 is 5.07. The molecule has 1 aliphatic rings. The largest absolute Gasteiger partial charge is 0.385 e. The van der Waals surface area contributed by atoms with Crippen LogP contribution in [0.1, 0.15) is 27.2 Å². The molecule has 2 N–H and O–H groups in total. The van der Waals surface area contributed by atoms with Crippen LogP contribution in [0.2, 0.25) is 0 Å². The Morgan fingerprint density at radius 2 is 1.83 bits per heavy atom. The number of aliphatic imine (C=N–C) groups is 1. The van der Waals surface area contributed by atoms with Crippen molar-refractivity contribution in [2.24, 2.45) is 10.9 Å². The standard InChI is InChI=1S/C17H37N5O/c1-5-18-17(19-8-7-13-23-4)20-14-16(3)15-22-11-9-21(6-2)10-12-22/h16H,5-15H2,1-4H3,(H2,18,19,20). The predicted molar refractivity (Wildman–Crippen MR) is 98.2 cm³/mol. The Balaban J connectivity index is 2.27. The highest BCUT2D eigenvalue weighted by atomic mass is 16.5. The van der Waals surface area contributed by atoms with Crippen LogP contribution in [0.5, 0.6) is 0 Å². The van der Waals surface area contributed by atoms with Crippen molar-refractivity contribution in [2.75, 3.05) is 72.6 Å². The van der Waals surface area contributed by atoms with Crippen molar-refractivity contribution in [3.63, 3.8) is 0 Å². The Morgan fingerprint density at radius 1 is 1.13 bits per heavy atom. The number of rotatable bonds is 10. The van der Waals surface area contributed by atoms with E-state index in [1.54, 1.807) is 7.11 Å². The minimum atomic E-state index is 0.581. The lowest BCUT2D eigenvalue weighted by Gasteiger charge is -2.35. The van der Waals surface area contributed by atoms with Gasteiger partial charge in [0.25, 0.3) is 0 Å². The molecular formula is C17H37N5O. The van der Waals surface area contributed by atoms with E-state index in [0.717, 1.165) is 45.2 Å². The van der Waals surface area contributed by atoms with Crippen molar-refractivity contribution in [1.29, 1.82) is 0 Å². The van der Waals surface area contributed by atoms with Crippen molar-refractivity contribution in [3.05, 3.63) is 0 Å². The van der Waals surface area contributed by atoms with E-state index >= 15 is 0 Å². The molecule has 0 aromatic carbocycles. The molecule has 23 heavy (non-hydrogen) atoms. The zero-order valence-corrected chi connectivity index (χ0v) is 15.6. The van der Waals surface area contributed by atoms with Gasteiger partial charge in [0.2, 0.25) is 0 Å². The molecule has 0 saturated carbocycles. The van der Waals surface area contributed by atoms with Crippen LogP contribution in [0.15, 0.2) is 4.99 Å². The first-order valence-corrected chi connectivity index (χ1v) is 9.15. The molecule has 1 atom stereocenters. The topological polar surface area (TPSA) is 52.1 Å². The summed E-state index contributed by atoms with van der Waals surface area (Å²) in [7, 11) is 1.74. The number of hydrogen-bond acceptors (Lipinski definition) is 4. The molecule has 1 aliphatic heterocycles. The summed E-state index contributed by atoms with van der Waals surface area (Å²) in [5.74, 6) is 1.50. The Kier molecular flexibility index (Phi) is 11.0. The Morgan fingerprint density at radius 3 is 2.43 bits per heavy atom. The second-order valence-electron chi connectivity index (χ2n) is 6.33. The van der Waals surface area contributed by atoms with E-state index in [-0.39, 0.29) is 0 Å². The van der Waals surface area contributed by atoms with Crippen LogP contribution < -0.4 is 10.6 Å². The van der Waals surface area contributed by atoms with E-state index in [0.29, 0.717) is 5.92 Å². The van der Waals surface area contributed by atoms with E-state index in [2.05, 4.69) is 41.2 Å². The number of hydrogen-bond donors (Lipinski definition) is 2. The molecule has 0 radical (unpaired) electrons. The third-order valence-electron chi connectivity index (χ3n) is 4.20. The number of likely N-dealkylation sites (N-methyl/N-ethyl adjacent to an activating group) is 1. The maximum absolute atomic E-state index is 5.07. The minimum absolute atomic E-state index is 0.581. The van der Waals surface area contributed by atoms with Gasteiger partial charge in [-0.25, -0.2) is 0 Å². The van der Waals surface area contributed by atoms with Gasteiger partial charge >= 0.3 is 0 Å². The molecule has 0 spiro atoms. The molecule has 0 aliphatic carbocycles. The zero-order valence-electron chi connectivity index (χ0n) is 15.6. The van der Waals surface area contributed by atoms with Crippen molar-refractivity contribution < 1.29 is 4.74 Å². The number of methoxy groups -OCH3 is 1. The first-order valence-electron chi connectivity index (χ1n) is 9.15. The number of guanidine groups is 1. The van der Waals surface area contributed by atoms with Gasteiger partial charge in [-0.3, -0.25) is 4.99 Å². The summed E-state index contributed by atoms with van der Waals surface area (Å²) in [5, 5.41) is 6.68. The van der Waals surface area contributed by atoms with E-state index in [1.165, 1.54) is 32.7 Å². The van der Waals surface area contributed by atoms with E-state index in [1.807, 2.05) is 0 Å². The third-order valence-corrected chi connectivity index (χ3v) is 4.20. The van der Waals surface area contributed by atoms with Gasteiger partial charge in [-0.1, -0.05) is 13.8 Å². The van der Waals surface area contributed by atoms with Gasteiger partial charge in [-0.2, -0.15) is 0 Å². The lowest BCUT2D eigenvalue weighted by molar-refractivity contribution is 0.125. The molecule has 1 unspecified atom stereocenters. The average Bonchev–Trinajstić information content (AvgIpc) is 2.57. The van der Waals surface area contributed by atoms with Gasteiger partial charge in [0.1, 0.15) is 0 Å². The highest BCUT2D eigenvalue weighted by Gasteiger charge is 2.17. The van der Waals surface area contributed by atoms with E-state index in [4.69, 9.17) is 9.73 Å². The number of nitrogens with one attached hydrogen (secondary N) is 2. The Hall–Kier alpha value is -0.850. The maximum atomic E-state index is 5.07. The predicted octanol–water partition coefficient (Wildman–Crippen LogP) is 0.852. The van der Waals surface area contributed by atoms with Crippen LogP contribution in [0.4, 0.5) is 0 Å². The molecule has 1 heterocycles. The lowest BCUT2D eigenvalue weighted by atomic mass is 10.1. The van der Waals surface area contributed by atoms with Crippen LogP contribution >= 0.6 is 0 Å². The van der Waals surface area contributed by atoms with E-state index < -0.39 is 0 Å². The third kappa shape index (κ3) is 9.13. The van der Waals surface area contributed by atoms with Gasteiger partial charge in [-0.15, -0.1) is 0 Å². The van der Waals surface area contributed by atoms with Crippen LogP contribution in [0.25, 0.3) is 0 Å². The maximum Gasteiger partial charge on any atom is 0.191 e. The summed E-state index contributed by atoms with van der Waals surface area (Å²) in [4.78, 5) is 9.82. The SMILES string of the molecule is CCNC(=NCC(C)CN1CCN(CC)CC1)NCCCOC. The summed E-state index contributed by atoms with van der Waals surface area (Å²) in [6.45, 7) is 17.2. The van der Waals surface area contributed by atoms with Crippen LogP contribution in [-0.2, 0) is 4.74 Å². The van der Waals surface area contributed by atoms with Gasteiger partial charge in [-0.05, 0) is 25.8 Å². The molecule has 1 saturated heterocycles. The summed E-state index contributed by atoms with van der Waals surface area (Å²) in [5.41, 5.74) is 0. The molecule has 0 aromatic heterocycles. The molecule has 6 nitrogen and oxygen atoms in total. The van der Waals surface area contributed by atoms with Gasteiger partial charge < -0.3 is 25.2 Å². The Labute approximate surface area is 142 Å². The number of nitrogens with zero attached hydrogens (tertiary/aromatic N) is 3. The molecule has 0 bridgehead atoms. The van der Waals surface area contributed by atoms with E-state index in [9.17, 15) is 0 Å². The molecule has 0 aromatic rings. The van der Waals surface area contributed by atoms with Crippen LogP contribution in [0, 0.1) is 5.92 Å². The van der Waals surface area contributed by atoms with Gasteiger partial charge in [0, 0.05) is 66.1 Å². The molecule has 1 rings (SSSR count). The lowest BCUT2D eigenvalue weighted by Crippen LogP contribution is -2.47. The number of piperazine rings is 1. The fraction of sp³-hybridized carbons (Fsp3) is 0.941. The highest BCUT2D eigenvalue weighted by molar-refractivity contribution is 5.79. The fourth-order valence-corrected chi connectivity index (χ4v) is 2.80. The van der Waals surface area contributed by atoms with Gasteiger partial charge in [0.15, 0.2) is 5.96 Å². The summed E-state index contributed by atoms with van der Waals surface area (Å²) >= 11 is 0. The summed E-state index contributed by atoms with van der Waals surface area (Å²) in [6.07, 6.45) is 0.998. The zero-order chi connectivity index (χ0) is 16.9. The van der Waals surface area contributed by atoms with Crippen molar-refractivity contribution in [2.45, 2.75) is 27.2 Å². The van der Waals surface area contributed by atoms with Crippen LogP contribution in [0.3, 0.4) is 0 Å². The quantitative estimate of drug-likeness (QED) is 0.354. The summed E-state index contributed by atoms with van der Waals surface area (Å²) in [6, 6.07) is 0. The first kappa shape index (κ1) is 20.2. The van der Waals surface area contributed by atoms with Gasteiger partial charge in [0.05, 0.1) is 0 Å². The van der Waals surface area contributed by atoms with Crippen molar-refractivity contribution in [1.82, 2.24) is 20.4 Å². The van der Waals surface area contributed by atoms with Crippen molar-refractivity contribution >= 4 is 5.96 Å². The van der Waals surface area contributed by atoms with Crippen molar-refractivity contribution in [3.8, 4) is 0 Å². The smallest absolute Gasteiger partial charge is 0.191 e. The average molecular weight is 328 g/mol. The highest BCUT2D eigenvalue weighted by Crippen LogP contribution is 2.06. The number of ether oxygens (including phenoxy) is 1. The monoisotopic (exact) mass is 327 g/mol. The molecule has 6 heteroatoms. The van der Waals surface area contributed by atoms with Crippen LogP contribution in [-0.4, -0.2) is 88.4 Å². The molecule has 136 valence electrons. The molecular weight excluding hydrogens is 290 g/mol. The molecule has 0 amide bonds. The second kappa shape index (κ2) is 12.6. The fourth-order valence-electron chi connectivity index (χ4n) is 2.80.